The molecule has 8 heteroatoms. The molecule has 3 aromatic rings. The van der Waals surface area contributed by atoms with Crippen molar-refractivity contribution in [2.24, 2.45) is 0 Å². The van der Waals surface area contributed by atoms with Gasteiger partial charge in [-0.25, -0.2) is 14.6 Å². The number of esters is 1. The molecule has 0 saturated carbocycles. The lowest BCUT2D eigenvalue weighted by molar-refractivity contribution is 0.0600. The Morgan fingerprint density at radius 2 is 1.88 bits per heavy atom. The fraction of sp³-hybridized carbons (Fsp3) is 0.118. The first-order chi connectivity index (χ1) is 12.1. The van der Waals surface area contributed by atoms with Crippen LogP contribution in [0.15, 0.2) is 52.3 Å². The third-order valence-corrected chi connectivity index (χ3v) is 4.33. The van der Waals surface area contributed by atoms with E-state index in [0.717, 1.165) is 20.8 Å². The highest BCUT2D eigenvalue weighted by molar-refractivity contribution is 7.99. The van der Waals surface area contributed by atoms with E-state index in [1.54, 1.807) is 12.1 Å². The smallest absolute Gasteiger partial charge is 0.413 e. The number of fused-ring (bicyclic) bond motifs is 1. The van der Waals surface area contributed by atoms with Gasteiger partial charge >= 0.3 is 12.1 Å². The van der Waals surface area contributed by atoms with Crippen LogP contribution >= 0.6 is 11.8 Å². The summed E-state index contributed by atoms with van der Waals surface area (Å²) in [7, 11) is 2.64. The van der Waals surface area contributed by atoms with Gasteiger partial charge in [-0.15, -0.1) is 0 Å². The molecule has 2 N–H and O–H groups in total. The number of aromatic nitrogens is 2. The van der Waals surface area contributed by atoms with Gasteiger partial charge in [-0.1, -0.05) is 17.8 Å². The van der Waals surface area contributed by atoms with Crippen molar-refractivity contribution in [2.45, 2.75) is 9.79 Å². The van der Waals surface area contributed by atoms with E-state index in [2.05, 4.69) is 20.0 Å². The lowest BCUT2D eigenvalue weighted by Gasteiger charge is -2.04. The summed E-state index contributed by atoms with van der Waals surface area (Å²) >= 11 is 1.50. The molecule has 0 radical (unpaired) electrons. The second kappa shape index (κ2) is 7.27. The predicted octanol–water partition coefficient (Wildman–Crippen LogP) is 3.68. The molecule has 1 amide bonds. The van der Waals surface area contributed by atoms with E-state index in [1.807, 2.05) is 30.3 Å². The maximum absolute atomic E-state index is 11.6. The Morgan fingerprint density at radius 3 is 2.64 bits per heavy atom. The zero-order valence-corrected chi connectivity index (χ0v) is 14.3. The van der Waals surface area contributed by atoms with Crippen LogP contribution in [0, 0.1) is 0 Å². The largest absolute Gasteiger partial charge is 0.465 e. The molecule has 0 spiro atoms. The Hall–Kier alpha value is -3.00. The van der Waals surface area contributed by atoms with Crippen LogP contribution in [-0.4, -0.2) is 36.3 Å². The molecule has 128 valence electrons. The third-order valence-electron chi connectivity index (χ3n) is 3.35. The fourth-order valence-electron chi connectivity index (χ4n) is 2.20. The van der Waals surface area contributed by atoms with Crippen LogP contribution < -0.4 is 5.32 Å². The summed E-state index contributed by atoms with van der Waals surface area (Å²) in [5.41, 5.74) is 2.00. The van der Waals surface area contributed by atoms with Crippen LogP contribution in [-0.2, 0) is 9.47 Å². The highest BCUT2D eigenvalue weighted by Gasteiger charge is 2.09. The van der Waals surface area contributed by atoms with Crippen molar-refractivity contribution in [3.8, 4) is 0 Å². The van der Waals surface area contributed by atoms with E-state index < -0.39 is 6.09 Å². The molecule has 0 aliphatic rings. The Bertz CT molecular complexity index is 939. The van der Waals surface area contributed by atoms with Crippen molar-refractivity contribution in [2.75, 3.05) is 19.5 Å². The van der Waals surface area contributed by atoms with Crippen LogP contribution in [0.5, 0.6) is 0 Å². The van der Waals surface area contributed by atoms with E-state index >= 15 is 0 Å². The van der Waals surface area contributed by atoms with Gasteiger partial charge in [0.2, 0.25) is 5.95 Å². The van der Waals surface area contributed by atoms with Gasteiger partial charge < -0.3 is 14.5 Å². The SMILES string of the molecule is COC(=O)Nc1nc2ccc(Sc3cccc(C(=O)OC)c3)cc2[nH]1. The molecule has 0 aliphatic carbocycles. The van der Waals surface area contributed by atoms with Gasteiger partial charge in [-0.3, -0.25) is 5.32 Å². The van der Waals surface area contributed by atoms with Crippen molar-refractivity contribution in [3.63, 3.8) is 0 Å². The molecule has 0 fully saturated rings. The van der Waals surface area contributed by atoms with Gasteiger partial charge in [0.15, 0.2) is 0 Å². The zero-order valence-electron chi connectivity index (χ0n) is 13.5. The lowest BCUT2D eigenvalue weighted by Crippen LogP contribution is -2.11. The van der Waals surface area contributed by atoms with Crippen molar-refractivity contribution < 1.29 is 19.1 Å². The Morgan fingerprint density at radius 1 is 1.08 bits per heavy atom. The molecule has 0 aliphatic heterocycles. The van der Waals surface area contributed by atoms with E-state index in [-0.39, 0.29) is 5.97 Å². The maximum Gasteiger partial charge on any atom is 0.413 e. The number of carbonyl (C=O) groups excluding carboxylic acids is 2. The molecule has 25 heavy (non-hydrogen) atoms. The number of hydrogen-bond donors (Lipinski definition) is 2. The second-order valence-electron chi connectivity index (χ2n) is 5.00. The number of ether oxygens (including phenoxy) is 2. The Labute approximate surface area is 147 Å². The minimum atomic E-state index is -0.590. The summed E-state index contributed by atoms with van der Waals surface area (Å²) in [4.78, 5) is 32.0. The van der Waals surface area contributed by atoms with Gasteiger partial charge in [0, 0.05) is 9.79 Å². The number of hydrogen-bond acceptors (Lipinski definition) is 6. The van der Waals surface area contributed by atoms with Gasteiger partial charge in [-0.2, -0.15) is 0 Å². The van der Waals surface area contributed by atoms with E-state index in [9.17, 15) is 9.59 Å². The van der Waals surface area contributed by atoms with Gasteiger partial charge in [0.1, 0.15) is 0 Å². The number of nitrogens with one attached hydrogen (secondary N) is 2. The topological polar surface area (TPSA) is 93.3 Å². The van der Waals surface area contributed by atoms with E-state index in [4.69, 9.17) is 4.74 Å². The lowest BCUT2D eigenvalue weighted by atomic mass is 10.2. The van der Waals surface area contributed by atoms with Crippen molar-refractivity contribution in [1.82, 2.24) is 9.97 Å². The first-order valence-corrected chi connectivity index (χ1v) is 8.11. The molecular formula is C17H15N3O4S. The molecule has 7 nitrogen and oxygen atoms in total. The van der Waals surface area contributed by atoms with E-state index in [1.165, 1.54) is 26.0 Å². The van der Waals surface area contributed by atoms with Crippen LogP contribution in [0.3, 0.4) is 0 Å². The molecule has 0 unspecified atom stereocenters. The summed E-state index contributed by atoms with van der Waals surface area (Å²) in [6, 6.07) is 12.9. The number of amides is 1. The maximum atomic E-state index is 11.6. The summed E-state index contributed by atoms with van der Waals surface area (Å²) in [5.74, 6) is -0.0540. The highest BCUT2D eigenvalue weighted by atomic mass is 32.2. The van der Waals surface area contributed by atoms with Gasteiger partial charge in [-0.05, 0) is 36.4 Å². The number of imidazole rings is 1. The molecule has 0 saturated heterocycles. The number of aromatic amines is 1. The van der Waals surface area contributed by atoms with E-state index in [0.29, 0.717) is 11.5 Å². The first-order valence-electron chi connectivity index (χ1n) is 7.30. The Kier molecular flexibility index (Phi) is 4.90. The predicted molar refractivity (Wildman–Crippen MR) is 94.0 cm³/mol. The number of anilines is 1. The number of benzene rings is 2. The molecule has 1 aromatic heterocycles. The summed E-state index contributed by atoms with van der Waals surface area (Å²) < 4.78 is 9.28. The van der Waals surface area contributed by atoms with Crippen molar-refractivity contribution >= 4 is 40.8 Å². The fourth-order valence-corrected chi connectivity index (χ4v) is 3.12. The van der Waals surface area contributed by atoms with Crippen LogP contribution in [0.1, 0.15) is 10.4 Å². The number of carbonyl (C=O) groups is 2. The number of methoxy groups -OCH3 is 2. The molecule has 1 heterocycles. The number of nitrogens with zero attached hydrogens (tertiary/aromatic N) is 1. The summed E-state index contributed by atoms with van der Waals surface area (Å²) in [6.07, 6.45) is -0.590. The highest BCUT2D eigenvalue weighted by Crippen LogP contribution is 2.30. The molecule has 0 bridgehead atoms. The molecular weight excluding hydrogens is 342 g/mol. The minimum Gasteiger partial charge on any atom is -0.465 e. The van der Waals surface area contributed by atoms with Gasteiger partial charge in [0.25, 0.3) is 0 Å². The van der Waals surface area contributed by atoms with Gasteiger partial charge in [0.05, 0.1) is 30.8 Å². The first kappa shape index (κ1) is 16.8. The Balaban J connectivity index is 1.82. The normalized spacial score (nSPS) is 10.5. The average molecular weight is 357 g/mol. The average Bonchev–Trinajstić information content (AvgIpc) is 3.02. The van der Waals surface area contributed by atoms with Crippen molar-refractivity contribution in [3.05, 3.63) is 48.0 Å². The second-order valence-corrected chi connectivity index (χ2v) is 6.15. The van der Waals surface area contributed by atoms with Crippen LogP contribution in [0.4, 0.5) is 10.7 Å². The summed E-state index contributed by atoms with van der Waals surface area (Å²) in [5, 5.41) is 2.49. The molecule has 3 rings (SSSR count). The summed E-state index contributed by atoms with van der Waals surface area (Å²) in [6.45, 7) is 0. The monoisotopic (exact) mass is 357 g/mol. The number of H-pyrrole nitrogens is 1. The third kappa shape index (κ3) is 3.92. The molecule has 0 atom stereocenters. The standard InChI is InChI=1S/C17H15N3O4S/c1-23-15(21)10-4-3-5-11(8-10)25-12-6-7-13-14(9-12)19-16(18-13)20-17(22)24-2/h3-9H,1-2H3,(H2,18,19,20,22). The van der Waals surface area contributed by atoms with Crippen molar-refractivity contribution in [1.29, 1.82) is 0 Å². The quantitative estimate of drug-likeness (QED) is 0.692. The molecule has 2 aromatic carbocycles. The minimum absolute atomic E-state index is 0.316. The van der Waals surface area contributed by atoms with Crippen LogP contribution in [0.2, 0.25) is 0 Å². The number of rotatable bonds is 4. The zero-order chi connectivity index (χ0) is 17.8. The van der Waals surface area contributed by atoms with Crippen LogP contribution in [0.25, 0.3) is 11.0 Å².